The van der Waals surface area contributed by atoms with Crippen LogP contribution in [-0.2, 0) is 32.6 Å². The summed E-state index contributed by atoms with van der Waals surface area (Å²) in [4.78, 5) is 29.9. The predicted octanol–water partition coefficient (Wildman–Crippen LogP) is 5.47. The molecule has 1 atom stereocenters. The van der Waals surface area contributed by atoms with Crippen LogP contribution in [0.15, 0.2) is 72.8 Å². The van der Waals surface area contributed by atoms with E-state index in [-0.39, 0.29) is 18.5 Å². The first-order valence-corrected chi connectivity index (χ1v) is 16.6. The first-order valence-electron chi connectivity index (χ1n) is 14.8. The molecule has 1 saturated carbocycles. The van der Waals surface area contributed by atoms with E-state index in [2.05, 4.69) is 5.32 Å². The summed E-state index contributed by atoms with van der Waals surface area (Å²) in [6, 6.07) is 22.3. The molecule has 2 amide bonds. The van der Waals surface area contributed by atoms with E-state index in [9.17, 15) is 18.0 Å². The molecule has 42 heavy (non-hydrogen) atoms. The number of hydrogen-bond acceptors (Lipinski definition) is 4. The van der Waals surface area contributed by atoms with Crippen molar-refractivity contribution in [3.63, 3.8) is 0 Å². The quantitative estimate of drug-likeness (QED) is 0.322. The second-order valence-corrected chi connectivity index (χ2v) is 13.5. The number of benzene rings is 3. The Kier molecular flexibility index (Phi) is 10.4. The summed E-state index contributed by atoms with van der Waals surface area (Å²) in [7, 11) is -3.80. The van der Waals surface area contributed by atoms with Gasteiger partial charge in [-0.2, -0.15) is 0 Å². The maximum atomic E-state index is 14.3. The molecule has 0 aliphatic heterocycles. The minimum absolute atomic E-state index is 0.0728. The summed E-state index contributed by atoms with van der Waals surface area (Å²) in [6.07, 6.45) is 6.58. The minimum Gasteiger partial charge on any atom is -0.352 e. The average molecular weight is 590 g/mol. The Morgan fingerprint density at radius 1 is 0.857 bits per heavy atom. The molecule has 224 valence electrons. The van der Waals surface area contributed by atoms with Gasteiger partial charge in [-0.25, -0.2) is 8.42 Å². The van der Waals surface area contributed by atoms with Crippen LogP contribution in [-0.4, -0.2) is 50.0 Å². The molecule has 1 aliphatic rings. The summed E-state index contributed by atoms with van der Waals surface area (Å²) in [5.41, 5.74) is 5.10. The van der Waals surface area contributed by atoms with E-state index >= 15 is 0 Å². The Labute approximate surface area is 251 Å². The Bertz CT molecular complexity index is 1470. The lowest BCUT2D eigenvalue weighted by molar-refractivity contribution is -0.140. The van der Waals surface area contributed by atoms with E-state index < -0.39 is 28.5 Å². The molecule has 3 aromatic carbocycles. The van der Waals surface area contributed by atoms with Gasteiger partial charge in [0.25, 0.3) is 0 Å². The summed E-state index contributed by atoms with van der Waals surface area (Å²) in [5.74, 6) is -0.635. The predicted molar refractivity (Wildman–Crippen MR) is 169 cm³/mol. The van der Waals surface area contributed by atoms with E-state index in [1.807, 2.05) is 87.5 Å². The smallest absolute Gasteiger partial charge is 0.244 e. The number of nitrogens with one attached hydrogen (secondary N) is 1. The van der Waals surface area contributed by atoms with Crippen LogP contribution in [0.3, 0.4) is 0 Å². The standard InChI is InChI=1S/C34H43N3O4S/c1-25-15-18-29(19-16-25)23-36(33(38)24-37(42(4,40)41)31-20-17-26(2)21-27(31)3)32(22-28-11-7-5-8-12-28)34(39)35-30-13-9-6-10-14-30/h5,7-8,11-12,15-21,30,32H,6,9-10,13-14,22-24H2,1-4H3,(H,35,39)/t32-/m0/s1. The third-order valence-corrected chi connectivity index (χ3v) is 9.12. The molecule has 3 aromatic rings. The van der Waals surface area contributed by atoms with Crippen molar-refractivity contribution in [1.82, 2.24) is 10.2 Å². The van der Waals surface area contributed by atoms with Gasteiger partial charge in [-0.3, -0.25) is 13.9 Å². The van der Waals surface area contributed by atoms with Crippen molar-refractivity contribution in [2.45, 2.75) is 77.9 Å². The second kappa shape index (κ2) is 14.0. The highest BCUT2D eigenvalue weighted by Crippen LogP contribution is 2.25. The van der Waals surface area contributed by atoms with Gasteiger partial charge in [0.05, 0.1) is 11.9 Å². The van der Waals surface area contributed by atoms with Gasteiger partial charge in [-0.15, -0.1) is 0 Å². The van der Waals surface area contributed by atoms with Gasteiger partial charge in [0.2, 0.25) is 21.8 Å². The maximum Gasteiger partial charge on any atom is 0.244 e. The SMILES string of the molecule is Cc1ccc(CN(C(=O)CN(c2ccc(C)cc2C)S(C)(=O)=O)[C@@H](Cc2ccccc2)C(=O)NC2CCCCC2)cc1. The fourth-order valence-electron chi connectivity index (χ4n) is 5.67. The molecule has 0 radical (unpaired) electrons. The molecular weight excluding hydrogens is 546 g/mol. The van der Waals surface area contributed by atoms with E-state index in [1.54, 1.807) is 11.0 Å². The first-order chi connectivity index (χ1) is 20.0. The van der Waals surface area contributed by atoms with E-state index in [0.29, 0.717) is 12.1 Å². The van der Waals surface area contributed by atoms with E-state index in [4.69, 9.17) is 0 Å². The van der Waals surface area contributed by atoms with Crippen molar-refractivity contribution in [1.29, 1.82) is 0 Å². The fourth-order valence-corrected chi connectivity index (χ4v) is 6.58. The molecule has 0 spiro atoms. The monoisotopic (exact) mass is 589 g/mol. The number of hydrogen-bond donors (Lipinski definition) is 1. The van der Waals surface area contributed by atoms with Crippen LogP contribution < -0.4 is 9.62 Å². The molecule has 1 aliphatic carbocycles. The first kappa shape index (κ1) is 31.3. The Morgan fingerprint density at radius 2 is 1.50 bits per heavy atom. The number of nitrogens with zero attached hydrogens (tertiary/aromatic N) is 2. The van der Waals surface area contributed by atoms with Crippen molar-refractivity contribution in [2.24, 2.45) is 0 Å². The van der Waals surface area contributed by atoms with E-state index in [0.717, 1.165) is 70.5 Å². The largest absolute Gasteiger partial charge is 0.352 e. The zero-order chi connectivity index (χ0) is 30.3. The van der Waals surface area contributed by atoms with Crippen LogP contribution in [0.1, 0.15) is 59.9 Å². The van der Waals surface area contributed by atoms with Gasteiger partial charge in [-0.05, 0) is 56.4 Å². The Balaban J connectivity index is 1.73. The van der Waals surface area contributed by atoms with Gasteiger partial charge in [0.15, 0.2) is 0 Å². The summed E-state index contributed by atoms with van der Waals surface area (Å²) >= 11 is 0. The van der Waals surface area contributed by atoms with Gasteiger partial charge < -0.3 is 10.2 Å². The molecule has 0 saturated heterocycles. The molecule has 4 rings (SSSR count). The highest BCUT2D eigenvalue weighted by molar-refractivity contribution is 7.92. The highest BCUT2D eigenvalue weighted by Gasteiger charge is 2.34. The van der Waals surface area contributed by atoms with Crippen LogP contribution in [0, 0.1) is 20.8 Å². The van der Waals surface area contributed by atoms with Crippen molar-refractivity contribution in [2.75, 3.05) is 17.1 Å². The van der Waals surface area contributed by atoms with Gasteiger partial charge in [0, 0.05) is 19.0 Å². The Morgan fingerprint density at radius 3 is 2.12 bits per heavy atom. The lowest BCUT2D eigenvalue weighted by atomic mass is 9.94. The molecule has 1 N–H and O–H groups in total. The van der Waals surface area contributed by atoms with Crippen LogP contribution in [0.25, 0.3) is 0 Å². The zero-order valence-corrected chi connectivity index (χ0v) is 26.0. The third-order valence-electron chi connectivity index (χ3n) is 8.00. The molecule has 0 bridgehead atoms. The molecule has 0 heterocycles. The molecular formula is C34H43N3O4S. The highest BCUT2D eigenvalue weighted by atomic mass is 32.2. The van der Waals surface area contributed by atoms with Crippen LogP contribution >= 0.6 is 0 Å². The summed E-state index contributed by atoms with van der Waals surface area (Å²) in [5, 5.41) is 3.24. The number of amides is 2. The van der Waals surface area contributed by atoms with Crippen LogP contribution in [0.5, 0.6) is 0 Å². The van der Waals surface area contributed by atoms with Gasteiger partial charge in [0.1, 0.15) is 12.6 Å². The second-order valence-electron chi connectivity index (χ2n) is 11.6. The van der Waals surface area contributed by atoms with Crippen molar-refractivity contribution >= 4 is 27.5 Å². The summed E-state index contributed by atoms with van der Waals surface area (Å²) < 4.78 is 27.3. The molecule has 8 heteroatoms. The van der Waals surface area contributed by atoms with Crippen molar-refractivity contribution in [3.05, 3.63) is 101 Å². The maximum absolute atomic E-state index is 14.3. The molecule has 0 unspecified atom stereocenters. The number of carbonyl (C=O) groups is 2. The minimum atomic E-state index is -3.80. The molecule has 7 nitrogen and oxygen atoms in total. The topological polar surface area (TPSA) is 86.8 Å². The summed E-state index contributed by atoms with van der Waals surface area (Å²) in [6.45, 7) is 5.55. The lowest BCUT2D eigenvalue weighted by Crippen LogP contribution is -2.55. The van der Waals surface area contributed by atoms with Gasteiger partial charge >= 0.3 is 0 Å². The molecule has 0 aromatic heterocycles. The number of rotatable bonds is 11. The van der Waals surface area contributed by atoms with Crippen LogP contribution in [0.4, 0.5) is 5.69 Å². The number of anilines is 1. The molecule has 1 fully saturated rings. The van der Waals surface area contributed by atoms with Crippen molar-refractivity contribution < 1.29 is 18.0 Å². The fraction of sp³-hybridized carbons (Fsp3) is 0.412. The number of carbonyl (C=O) groups excluding carboxylic acids is 2. The zero-order valence-electron chi connectivity index (χ0n) is 25.2. The Hall–Kier alpha value is -3.65. The normalized spacial score (nSPS) is 14.7. The van der Waals surface area contributed by atoms with Crippen molar-refractivity contribution in [3.8, 4) is 0 Å². The average Bonchev–Trinajstić information content (AvgIpc) is 2.95. The van der Waals surface area contributed by atoms with Gasteiger partial charge in [-0.1, -0.05) is 97.1 Å². The van der Waals surface area contributed by atoms with Crippen LogP contribution in [0.2, 0.25) is 0 Å². The van der Waals surface area contributed by atoms with E-state index in [1.165, 1.54) is 0 Å². The lowest BCUT2D eigenvalue weighted by Gasteiger charge is -2.35. The third kappa shape index (κ3) is 8.44. The number of sulfonamides is 1. The number of aryl methyl sites for hydroxylation is 3.